The fourth-order valence-corrected chi connectivity index (χ4v) is 2.25. The van der Waals surface area contributed by atoms with Gasteiger partial charge < -0.3 is 11.1 Å². The highest BCUT2D eigenvalue weighted by atomic mass is 15.0. The number of nitrogen functional groups attached to an aromatic ring is 1. The molecule has 0 amide bonds. The van der Waals surface area contributed by atoms with Crippen molar-refractivity contribution in [3.63, 3.8) is 0 Å². The Balaban J connectivity index is 2.16. The molecule has 0 aliphatic carbocycles. The summed E-state index contributed by atoms with van der Waals surface area (Å²) in [5.74, 6) is 0.825. The number of nitrogens with one attached hydrogen (secondary N) is 1. The van der Waals surface area contributed by atoms with Crippen molar-refractivity contribution < 1.29 is 0 Å². The molecule has 4 heteroatoms. The minimum Gasteiger partial charge on any atom is -0.399 e. The van der Waals surface area contributed by atoms with E-state index >= 15 is 0 Å². The number of nitrogens with two attached hydrogens (primary N) is 1. The van der Waals surface area contributed by atoms with E-state index in [1.165, 1.54) is 0 Å². The molecule has 0 atom stereocenters. The standard InChI is InChI=1S/C21H26N4/c1-4-5-8-21(25-20-14-19(22)10-9-17(20)3)24-13-11-16(2)18-7-6-12-23-15-18/h6-15,25H,4-5,22H2,1-3H3/b16-11+,21-8-,24-13-. The Morgan fingerprint density at radius 1 is 1.32 bits per heavy atom. The van der Waals surface area contributed by atoms with Gasteiger partial charge in [-0.3, -0.25) is 4.98 Å². The van der Waals surface area contributed by atoms with E-state index in [0.29, 0.717) is 0 Å². The number of nitrogens with zero attached hydrogens (tertiary/aromatic N) is 2. The smallest absolute Gasteiger partial charge is 0.126 e. The third kappa shape index (κ3) is 5.92. The molecule has 3 N–H and O–H groups in total. The third-order valence-corrected chi connectivity index (χ3v) is 3.81. The van der Waals surface area contributed by atoms with Gasteiger partial charge >= 0.3 is 0 Å². The molecule has 1 heterocycles. The average Bonchev–Trinajstić information content (AvgIpc) is 2.63. The highest BCUT2D eigenvalue weighted by Crippen LogP contribution is 2.20. The number of rotatable bonds is 7. The SMILES string of the molecule is CCC/C=C(/N=C\C=C(/C)c1cccnc1)Nc1cc(N)ccc1C. The van der Waals surface area contributed by atoms with Gasteiger partial charge in [0.1, 0.15) is 5.82 Å². The Hall–Kier alpha value is -2.88. The van der Waals surface area contributed by atoms with Crippen molar-refractivity contribution in [3.05, 3.63) is 71.8 Å². The summed E-state index contributed by atoms with van der Waals surface area (Å²) in [7, 11) is 0. The van der Waals surface area contributed by atoms with Crippen LogP contribution in [0.4, 0.5) is 11.4 Å². The summed E-state index contributed by atoms with van der Waals surface area (Å²) >= 11 is 0. The van der Waals surface area contributed by atoms with E-state index in [1.54, 1.807) is 6.20 Å². The number of allylic oxidation sites excluding steroid dienone is 3. The molecule has 0 aliphatic heterocycles. The fraction of sp³-hybridized carbons (Fsp3) is 0.238. The number of anilines is 2. The number of aromatic nitrogens is 1. The Bertz CT molecular complexity index is 774. The molecule has 0 saturated carbocycles. The maximum absolute atomic E-state index is 5.89. The zero-order valence-corrected chi connectivity index (χ0v) is 15.2. The molecule has 1 aromatic carbocycles. The first-order valence-electron chi connectivity index (χ1n) is 8.54. The molecule has 2 rings (SSSR count). The van der Waals surface area contributed by atoms with Crippen molar-refractivity contribution in [2.24, 2.45) is 4.99 Å². The number of pyridine rings is 1. The van der Waals surface area contributed by atoms with Gasteiger partial charge in [-0.2, -0.15) is 0 Å². The number of aliphatic imine (C=N–C) groups is 1. The molecule has 0 spiro atoms. The van der Waals surface area contributed by atoms with Crippen molar-refractivity contribution in [1.82, 2.24) is 4.98 Å². The highest BCUT2D eigenvalue weighted by molar-refractivity contribution is 5.84. The average molecular weight is 334 g/mol. The van der Waals surface area contributed by atoms with Gasteiger partial charge in [-0.15, -0.1) is 0 Å². The zero-order chi connectivity index (χ0) is 18.1. The van der Waals surface area contributed by atoms with E-state index in [9.17, 15) is 0 Å². The first-order chi connectivity index (χ1) is 12.1. The minimum atomic E-state index is 0.735. The molecule has 0 fully saturated rings. The summed E-state index contributed by atoms with van der Waals surface area (Å²) in [6, 6.07) is 9.81. The van der Waals surface area contributed by atoms with Crippen molar-refractivity contribution in [2.45, 2.75) is 33.6 Å². The van der Waals surface area contributed by atoms with Crippen molar-refractivity contribution in [3.8, 4) is 0 Å². The Kier molecular flexibility index (Phi) is 6.96. The number of hydrogen-bond donors (Lipinski definition) is 2. The maximum Gasteiger partial charge on any atom is 0.126 e. The lowest BCUT2D eigenvalue weighted by atomic mass is 10.1. The van der Waals surface area contributed by atoms with E-state index < -0.39 is 0 Å². The lowest BCUT2D eigenvalue weighted by Gasteiger charge is -2.10. The topological polar surface area (TPSA) is 63.3 Å². The highest BCUT2D eigenvalue weighted by Gasteiger charge is 2.01. The second-order valence-electron chi connectivity index (χ2n) is 5.95. The van der Waals surface area contributed by atoms with Crippen LogP contribution in [0.2, 0.25) is 0 Å². The summed E-state index contributed by atoms with van der Waals surface area (Å²) in [5.41, 5.74) is 10.9. The number of hydrogen-bond acceptors (Lipinski definition) is 4. The van der Waals surface area contributed by atoms with Gasteiger partial charge in [0.2, 0.25) is 0 Å². The Morgan fingerprint density at radius 2 is 2.16 bits per heavy atom. The van der Waals surface area contributed by atoms with Crippen LogP contribution in [0.1, 0.15) is 37.8 Å². The lowest BCUT2D eigenvalue weighted by molar-refractivity contribution is 0.947. The molecule has 130 valence electrons. The molecule has 0 saturated heterocycles. The van der Waals surface area contributed by atoms with E-state index in [4.69, 9.17) is 5.73 Å². The van der Waals surface area contributed by atoms with E-state index in [0.717, 1.165) is 46.7 Å². The van der Waals surface area contributed by atoms with Crippen LogP contribution in [0.25, 0.3) is 5.57 Å². The van der Waals surface area contributed by atoms with Crippen LogP contribution >= 0.6 is 0 Å². The quantitative estimate of drug-likeness (QED) is 0.540. The molecule has 0 bridgehead atoms. The zero-order valence-electron chi connectivity index (χ0n) is 15.2. The number of aryl methyl sites for hydroxylation is 1. The molecule has 1 aromatic heterocycles. The van der Waals surface area contributed by atoms with Crippen molar-refractivity contribution >= 4 is 23.2 Å². The molecule has 0 aliphatic rings. The first kappa shape index (κ1) is 18.5. The summed E-state index contributed by atoms with van der Waals surface area (Å²) in [4.78, 5) is 8.72. The molecule has 4 nitrogen and oxygen atoms in total. The fourth-order valence-electron chi connectivity index (χ4n) is 2.25. The number of unbranched alkanes of at least 4 members (excludes halogenated alkanes) is 1. The van der Waals surface area contributed by atoms with Gasteiger partial charge in [-0.25, -0.2) is 4.99 Å². The van der Waals surface area contributed by atoms with Crippen LogP contribution < -0.4 is 11.1 Å². The van der Waals surface area contributed by atoms with Gasteiger partial charge in [0, 0.05) is 30.0 Å². The second kappa shape index (κ2) is 9.42. The molecule has 2 aromatic rings. The monoisotopic (exact) mass is 334 g/mol. The third-order valence-electron chi connectivity index (χ3n) is 3.81. The van der Waals surface area contributed by atoms with Crippen LogP contribution in [-0.2, 0) is 0 Å². The van der Waals surface area contributed by atoms with Gasteiger partial charge in [0.15, 0.2) is 0 Å². The van der Waals surface area contributed by atoms with Gasteiger partial charge in [0.05, 0.1) is 0 Å². The van der Waals surface area contributed by atoms with E-state index in [2.05, 4.69) is 35.2 Å². The predicted octanol–water partition coefficient (Wildman–Crippen LogP) is 5.20. The summed E-state index contributed by atoms with van der Waals surface area (Å²) < 4.78 is 0. The van der Waals surface area contributed by atoms with Crippen molar-refractivity contribution in [2.75, 3.05) is 11.1 Å². The van der Waals surface area contributed by atoms with Gasteiger partial charge in [-0.05, 0) is 67.3 Å². The van der Waals surface area contributed by atoms with E-state index in [-0.39, 0.29) is 0 Å². The van der Waals surface area contributed by atoms with Crippen LogP contribution in [0, 0.1) is 6.92 Å². The van der Waals surface area contributed by atoms with Crippen LogP contribution in [0.5, 0.6) is 0 Å². The summed E-state index contributed by atoms with van der Waals surface area (Å²) in [6.07, 6.45) is 11.6. The van der Waals surface area contributed by atoms with Crippen LogP contribution in [-0.4, -0.2) is 11.2 Å². The molecule has 0 radical (unpaired) electrons. The first-order valence-corrected chi connectivity index (χ1v) is 8.54. The Labute approximate surface area is 150 Å². The summed E-state index contributed by atoms with van der Waals surface area (Å²) in [5, 5.41) is 3.38. The van der Waals surface area contributed by atoms with Gasteiger partial charge in [0.25, 0.3) is 0 Å². The van der Waals surface area contributed by atoms with Gasteiger partial charge in [-0.1, -0.05) is 25.5 Å². The Morgan fingerprint density at radius 3 is 2.88 bits per heavy atom. The lowest BCUT2D eigenvalue weighted by Crippen LogP contribution is -2.00. The molecule has 25 heavy (non-hydrogen) atoms. The predicted molar refractivity (Wildman–Crippen MR) is 109 cm³/mol. The van der Waals surface area contributed by atoms with Crippen LogP contribution in [0.3, 0.4) is 0 Å². The maximum atomic E-state index is 5.89. The van der Waals surface area contributed by atoms with Crippen LogP contribution in [0.15, 0.2) is 65.7 Å². The number of benzene rings is 1. The normalized spacial score (nSPS) is 12.6. The van der Waals surface area contributed by atoms with Crippen molar-refractivity contribution in [1.29, 1.82) is 0 Å². The molecular weight excluding hydrogens is 308 g/mol. The minimum absolute atomic E-state index is 0.735. The largest absolute Gasteiger partial charge is 0.399 e. The summed E-state index contributed by atoms with van der Waals surface area (Å²) in [6.45, 7) is 6.25. The molecular formula is C21H26N4. The second-order valence-corrected chi connectivity index (χ2v) is 5.95. The van der Waals surface area contributed by atoms with E-state index in [1.807, 2.05) is 55.7 Å². The molecule has 0 unspecified atom stereocenters.